The van der Waals surface area contributed by atoms with Crippen LogP contribution in [-0.4, -0.2) is 16.4 Å². The number of hydrogen-bond acceptors (Lipinski definition) is 5. The number of pyridine rings is 1. The maximum atomic E-state index is 12.6. The number of halogens is 1. The molecule has 2 amide bonds. The van der Waals surface area contributed by atoms with Crippen molar-refractivity contribution in [2.75, 3.05) is 5.73 Å². The van der Waals surface area contributed by atoms with Crippen molar-refractivity contribution < 1.29 is 9.59 Å². The highest BCUT2D eigenvalue weighted by atomic mass is 35.5. The van der Waals surface area contributed by atoms with E-state index in [-0.39, 0.29) is 28.2 Å². The van der Waals surface area contributed by atoms with Crippen molar-refractivity contribution in [3.63, 3.8) is 0 Å². The second-order valence-electron chi connectivity index (χ2n) is 6.13. The molecule has 0 unspecified atom stereocenters. The lowest BCUT2D eigenvalue weighted by Gasteiger charge is -2.14. The van der Waals surface area contributed by atoms with Crippen LogP contribution in [0.3, 0.4) is 0 Å². The Morgan fingerprint density at radius 2 is 1.64 bits per heavy atom. The van der Waals surface area contributed by atoms with Crippen molar-refractivity contribution >= 4 is 29.2 Å². The van der Waals surface area contributed by atoms with Gasteiger partial charge in [0.15, 0.2) is 0 Å². The Bertz CT molecular complexity index is 1270. The number of rotatable bonds is 2. The fourth-order valence-corrected chi connectivity index (χ4v) is 3.30. The Morgan fingerprint density at radius 3 is 2.32 bits per heavy atom. The van der Waals surface area contributed by atoms with E-state index in [1.807, 2.05) is 18.2 Å². The number of hydrogen-bond donors (Lipinski definition) is 2. The molecule has 136 valence electrons. The Morgan fingerprint density at radius 1 is 0.964 bits per heavy atom. The van der Waals surface area contributed by atoms with Gasteiger partial charge in [-0.3, -0.25) is 24.3 Å². The molecule has 0 aliphatic carbocycles. The topological polar surface area (TPSA) is 118 Å². The standard InChI is InChI=1S/C20H11ClN4O3/c21-13-4-1-10(2-5-13)11-3-6-15(12(7-11)9-22)25-16(26)8-14-17(18(25)23)20(28)24-19(14)27/h1-8H,23H2,(H,24,27,28). The minimum Gasteiger partial charge on any atom is -0.384 e. The number of benzene rings is 2. The normalized spacial score (nSPS) is 12.4. The van der Waals surface area contributed by atoms with E-state index in [9.17, 15) is 19.6 Å². The van der Waals surface area contributed by atoms with E-state index < -0.39 is 17.4 Å². The van der Waals surface area contributed by atoms with Crippen molar-refractivity contribution in [3.05, 3.63) is 80.6 Å². The second kappa shape index (κ2) is 6.37. The third-order valence-electron chi connectivity index (χ3n) is 4.49. The molecule has 0 fully saturated rings. The Kier molecular flexibility index (Phi) is 3.99. The third-order valence-corrected chi connectivity index (χ3v) is 4.74. The summed E-state index contributed by atoms with van der Waals surface area (Å²) in [6.45, 7) is 0. The van der Waals surface area contributed by atoms with E-state index in [1.165, 1.54) is 0 Å². The zero-order chi connectivity index (χ0) is 20.0. The summed E-state index contributed by atoms with van der Waals surface area (Å²) in [7, 11) is 0. The molecule has 1 aliphatic heterocycles. The number of nitrogens with two attached hydrogens (primary N) is 1. The van der Waals surface area contributed by atoms with E-state index in [0.29, 0.717) is 5.02 Å². The van der Waals surface area contributed by atoms with Gasteiger partial charge >= 0.3 is 0 Å². The van der Waals surface area contributed by atoms with Crippen LogP contribution in [0.4, 0.5) is 5.82 Å². The summed E-state index contributed by atoms with van der Waals surface area (Å²) in [4.78, 5) is 36.4. The van der Waals surface area contributed by atoms with Crippen LogP contribution in [-0.2, 0) is 0 Å². The number of carbonyl (C=O) groups is 2. The molecular weight excluding hydrogens is 380 g/mol. The van der Waals surface area contributed by atoms with Gasteiger partial charge in [0.2, 0.25) is 0 Å². The van der Waals surface area contributed by atoms with E-state index in [2.05, 4.69) is 5.32 Å². The maximum Gasteiger partial charge on any atom is 0.262 e. The highest BCUT2D eigenvalue weighted by Gasteiger charge is 2.32. The first-order valence-electron chi connectivity index (χ1n) is 8.12. The lowest BCUT2D eigenvalue weighted by Crippen LogP contribution is -2.24. The van der Waals surface area contributed by atoms with E-state index in [4.69, 9.17) is 17.3 Å². The summed E-state index contributed by atoms with van der Waals surface area (Å²) < 4.78 is 1.06. The largest absolute Gasteiger partial charge is 0.384 e. The number of amides is 2. The van der Waals surface area contributed by atoms with Crippen LogP contribution < -0.4 is 16.6 Å². The molecule has 0 radical (unpaired) electrons. The predicted octanol–water partition coefficient (Wildman–Crippen LogP) is 2.50. The molecule has 0 saturated carbocycles. The van der Waals surface area contributed by atoms with Gasteiger partial charge in [0.25, 0.3) is 17.4 Å². The predicted molar refractivity (Wildman–Crippen MR) is 103 cm³/mol. The van der Waals surface area contributed by atoms with Crippen molar-refractivity contribution in [1.82, 2.24) is 9.88 Å². The van der Waals surface area contributed by atoms with Crippen LogP contribution in [0.2, 0.25) is 5.02 Å². The number of nitrogens with one attached hydrogen (secondary N) is 1. The van der Waals surface area contributed by atoms with Crippen molar-refractivity contribution in [2.45, 2.75) is 0 Å². The Hall–Kier alpha value is -3.89. The third kappa shape index (κ3) is 2.64. The molecule has 1 aromatic heterocycles. The van der Waals surface area contributed by atoms with Gasteiger partial charge in [-0.2, -0.15) is 5.26 Å². The quantitative estimate of drug-likeness (QED) is 0.652. The summed E-state index contributed by atoms with van der Waals surface area (Å²) in [6, 6.07) is 15.1. The van der Waals surface area contributed by atoms with Gasteiger partial charge in [-0.1, -0.05) is 29.8 Å². The van der Waals surface area contributed by atoms with Crippen molar-refractivity contribution in [1.29, 1.82) is 5.26 Å². The molecule has 0 atom stereocenters. The number of anilines is 1. The lowest BCUT2D eigenvalue weighted by molar-refractivity contribution is 0.0880. The number of fused-ring (bicyclic) bond motifs is 1. The van der Waals surface area contributed by atoms with Crippen LogP contribution in [0.5, 0.6) is 0 Å². The summed E-state index contributed by atoms with van der Waals surface area (Å²) in [5.41, 5.74) is 7.27. The highest BCUT2D eigenvalue weighted by Crippen LogP contribution is 2.28. The van der Waals surface area contributed by atoms with Crippen molar-refractivity contribution in [2.24, 2.45) is 0 Å². The number of nitrogen functional groups attached to an aromatic ring is 1. The molecule has 0 bridgehead atoms. The average molecular weight is 391 g/mol. The summed E-state index contributed by atoms with van der Waals surface area (Å²) >= 11 is 5.91. The van der Waals surface area contributed by atoms with Crippen LogP contribution >= 0.6 is 11.6 Å². The molecule has 3 N–H and O–H groups in total. The summed E-state index contributed by atoms with van der Waals surface area (Å²) in [5.74, 6) is -1.54. The average Bonchev–Trinajstić information content (AvgIpc) is 2.96. The lowest BCUT2D eigenvalue weighted by atomic mass is 10.0. The number of imide groups is 1. The van der Waals surface area contributed by atoms with Gasteiger partial charge in [0.1, 0.15) is 11.9 Å². The fourth-order valence-electron chi connectivity index (χ4n) is 3.17. The first-order valence-corrected chi connectivity index (χ1v) is 8.50. The van der Waals surface area contributed by atoms with E-state index >= 15 is 0 Å². The molecule has 0 saturated heterocycles. The van der Waals surface area contributed by atoms with Gasteiger partial charge in [0.05, 0.1) is 22.4 Å². The molecule has 8 heteroatoms. The minimum absolute atomic E-state index is 0.0694. The highest BCUT2D eigenvalue weighted by molar-refractivity contribution is 6.30. The monoisotopic (exact) mass is 390 g/mol. The molecule has 2 heterocycles. The minimum atomic E-state index is -0.678. The molecule has 2 aromatic carbocycles. The fraction of sp³-hybridized carbons (Fsp3) is 0. The number of nitriles is 1. The van der Waals surface area contributed by atoms with Crippen LogP contribution in [0.1, 0.15) is 26.3 Å². The molecular formula is C20H11ClN4O3. The van der Waals surface area contributed by atoms with Gasteiger partial charge in [-0.15, -0.1) is 0 Å². The van der Waals surface area contributed by atoms with Gasteiger partial charge < -0.3 is 5.73 Å². The summed E-state index contributed by atoms with van der Waals surface area (Å²) in [6.07, 6.45) is 0. The zero-order valence-electron chi connectivity index (χ0n) is 14.2. The Balaban J connectivity index is 1.92. The number of aromatic nitrogens is 1. The maximum absolute atomic E-state index is 12.6. The smallest absolute Gasteiger partial charge is 0.262 e. The van der Waals surface area contributed by atoms with E-state index in [1.54, 1.807) is 30.3 Å². The number of nitrogens with zero attached hydrogens (tertiary/aromatic N) is 2. The van der Waals surface area contributed by atoms with Gasteiger partial charge in [-0.05, 0) is 35.4 Å². The summed E-state index contributed by atoms with van der Waals surface area (Å²) in [5, 5.41) is 12.3. The zero-order valence-corrected chi connectivity index (χ0v) is 14.9. The molecule has 4 rings (SSSR count). The second-order valence-corrected chi connectivity index (χ2v) is 6.56. The van der Waals surface area contributed by atoms with Crippen LogP contribution in [0.25, 0.3) is 16.8 Å². The van der Waals surface area contributed by atoms with Gasteiger partial charge in [0, 0.05) is 11.1 Å². The first-order chi connectivity index (χ1) is 13.4. The molecule has 3 aromatic rings. The molecule has 0 spiro atoms. The van der Waals surface area contributed by atoms with Gasteiger partial charge in [-0.25, -0.2) is 0 Å². The first kappa shape index (κ1) is 17.5. The molecule has 7 nitrogen and oxygen atoms in total. The SMILES string of the molecule is N#Cc1cc(-c2ccc(Cl)cc2)ccc1-n1c(N)c2c(cc1=O)C(=O)NC2=O. The van der Waals surface area contributed by atoms with Crippen molar-refractivity contribution in [3.8, 4) is 22.9 Å². The van der Waals surface area contributed by atoms with Crippen LogP contribution in [0, 0.1) is 11.3 Å². The van der Waals surface area contributed by atoms with Crippen LogP contribution in [0.15, 0.2) is 53.3 Å². The van der Waals surface area contributed by atoms with E-state index in [0.717, 1.165) is 21.8 Å². The number of carbonyl (C=O) groups excluding carboxylic acids is 2. The molecule has 28 heavy (non-hydrogen) atoms. The molecule has 1 aliphatic rings. The Labute approximate surface area is 163 Å².